The number of aromatic nitrogens is 2. The molecule has 0 atom stereocenters. The van der Waals surface area contributed by atoms with Crippen molar-refractivity contribution in [1.29, 1.82) is 0 Å². The van der Waals surface area contributed by atoms with Crippen molar-refractivity contribution in [2.24, 2.45) is 0 Å². The molecule has 0 bridgehead atoms. The van der Waals surface area contributed by atoms with Gasteiger partial charge in [0.05, 0.1) is 11.5 Å². The van der Waals surface area contributed by atoms with Gasteiger partial charge in [0.15, 0.2) is 0 Å². The average molecular weight is 449 g/mol. The largest absolute Gasteiger partial charge is 0.489 e. The zero-order chi connectivity index (χ0) is 22.5. The number of rotatable bonds is 8. The second kappa shape index (κ2) is 9.80. The van der Waals surface area contributed by atoms with E-state index in [0.717, 1.165) is 44.1 Å². The highest BCUT2D eigenvalue weighted by Gasteiger charge is 2.11. The fourth-order valence-electron chi connectivity index (χ4n) is 3.49. The van der Waals surface area contributed by atoms with Crippen LogP contribution < -0.4 is 15.0 Å². The first-order valence-corrected chi connectivity index (χ1v) is 11.1. The summed E-state index contributed by atoms with van der Waals surface area (Å²) < 4.78 is 14.1. The van der Waals surface area contributed by atoms with E-state index >= 15 is 0 Å². The Labute approximate surface area is 190 Å². The molecule has 2 N–H and O–H groups in total. The van der Waals surface area contributed by atoms with Gasteiger partial charge in [-0.3, -0.25) is 9.17 Å². The quantitative estimate of drug-likeness (QED) is 0.407. The summed E-state index contributed by atoms with van der Waals surface area (Å²) in [5.41, 5.74) is 6.12. The number of pyridine rings is 1. The minimum Gasteiger partial charge on any atom is -0.489 e. The maximum atomic E-state index is 11.3. The zero-order valence-electron chi connectivity index (χ0n) is 17.9. The first-order chi connectivity index (χ1) is 15.5. The number of aromatic amines is 1. The lowest BCUT2D eigenvalue weighted by molar-refractivity contribution is 0.196. The third-order valence-corrected chi connectivity index (χ3v) is 6.07. The lowest BCUT2D eigenvalue weighted by Crippen LogP contribution is -2.04. The summed E-state index contributed by atoms with van der Waals surface area (Å²) >= 11 is 1.32. The second-order valence-corrected chi connectivity index (χ2v) is 8.18. The van der Waals surface area contributed by atoms with Crippen LogP contribution in [0.1, 0.15) is 16.8 Å². The van der Waals surface area contributed by atoms with Crippen LogP contribution in [-0.4, -0.2) is 27.7 Å². The molecular formula is C25H24N2O4S. The van der Waals surface area contributed by atoms with E-state index in [1.165, 1.54) is 11.5 Å². The molecule has 0 saturated heterocycles. The molecule has 0 radical (unpaired) electrons. The molecule has 0 saturated carbocycles. The Balaban J connectivity index is 1.49. The molecule has 0 aliphatic heterocycles. The van der Waals surface area contributed by atoms with Crippen LogP contribution in [-0.2, 0) is 6.61 Å². The predicted octanol–water partition coefficient (Wildman–Crippen LogP) is 4.73. The molecule has 2 aromatic carbocycles. The van der Waals surface area contributed by atoms with Crippen molar-refractivity contribution in [3.05, 3.63) is 87.8 Å². The molecule has 0 spiro atoms. The van der Waals surface area contributed by atoms with Crippen molar-refractivity contribution in [2.45, 2.75) is 20.5 Å². The highest BCUT2D eigenvalue weighted by molar-refractivity contribution is 7.09. The van der Waals surface area contributed by atoms with Gasteiger partial charge in [-0.25, -0.2) is 4.98 Å². The van der Waals surface area contributed by atoms with Gasteiger partial charge in [0, 0.05) is 23.4 Å². The topological polar surface area (TPSA) is 84.4 Å². The fraction of sp³-hybridized carbons (Fsp3) is 0.200. The van der Waals surface area contributed by atoms with Crippen molar-refractivity contribution < 1.29 is 14.6 Å². The maximum Gasteiger partial charge on any atom is 0.258 e. The number of ether oxygens (including phenoxy) is 2. The van der Waals surface area contributed by atoms with Crippen molar-refractivity contribution in [3.8, 4) is 33.2 Å². The number of aliphatic hydroxyl groups excluding tert-OH is 1. The summed E-state index contributed by atoms with van der Waals surface area (Å²) in [7, 11) is 0. The first-order valence-electron chi connectivity index (χ1n) is 10.3. The number of aryl methyl sites for hydroxylation is 1. The Hall–Kier alpha value is -3.42. The Kier molecular flexibility index (Phi) is 6.68. The molecule has 4 rings (SSSR count). The van der Waals surface area contributed by atoms with E-state index in [0.29, 0.717) is 12.5 Å². The van der Waals surface area contributed by atoms with Crippen molar-refractivity contribution >= 4 is 11.5 Å². The van der Waals surface area contributed by atoms with Gasteiger partial charge in [-0.05, 0) is 66.4 Å². The predicted molar refractivity (Wildman–Crippen MR) is 126 cm³/mol. The third-order valence-electron chi connectivity index (χ3n) is 5.19. The normalized spacial score (nSPS) is 10.8. The third kappa shape index (κ3) is 4.90. The molecule has 0 aliphatic carbocycles. The molecule has 0 amide bonds. The SMILES string of the molecule is Cc1nc(OCCO)ccc1-c1cccc(COc2ccc(-c3cc(=O)[nH]s3)cc2)c1C. The molecule has 0 fully saturated rings. The summed E-state index contributed by atoms with van der Waals surface area (Å²) in [4.78, 5) is 16.7. The van der Waals surface area contributed by atoms with Crippen LogP contribution in [0.3, 0.4) is 0 Å². The molecular weight excluding hydrogens is 424 g/mol. The molecule has 2 heterocycles. The molecule has 0 aliphatic rings. The van der Waals surface area contributed by atoms with E-state index in [4.69, 9.17) is 14.6 Å². The van der Waals surface area contributed by atoms with Gasteiger partial charge in [-0.2, -0.15) is 0 Å². The van der Waals surface area contributed by atoms with Crippen LogP contribution in [0.25, 0.3) is 21.6 Å². The Morgan fingerprint density at radius 2 is 1.81 bits per heavy atom. The number of nitrogens with one attached hydrogen (secondary N) is 1. The van der Waals surface area contributed by atoms with Crippen molar-refractivity contribution in [1.82, 2.24) is 9.36 Å². The van der Waals surface area contributed by atoms with E-state index in [2.05, 4.69) is 28.4 Å². The molecule has 7 heteroatoms. The number of aliphatic hydroxyl groups is 1. The molecule has 32 heavy (non-hydrogen) atoms. The zero-order valence-corrected chi connectivity index (χ0v) is 18.7. The second-order valence-electron chi connectivity index (χ2n) is 7.33. The van der Waals surface area contributed by atoms with Gasteiger partial charge in [0.1, 0.15) is 19.0 Å². The summed E-state index contributed by atoms with van der Waals surface area (Å²) in [6, 6.07) is 19.3. The summed E-state index contributed by atoms with van der Waals surface area (Å²) in [6.45, 7) is 4.66. The monoisotopic (exact) mass is 448 g/mol. The highest BCUT2D eigenvalue weighted by Crippen LogP contribution is 2.30. The van der Waals surface area contributed by atoms with E-state index in [1.54, 1.807) is 6.07 Å². The molecule has 164 valence electrons. The Morgan fingerprint density at radius 1 is 1.00 bits per heavy atom. The number of benzene rings is 2. The van der Waals surface area contributed by atoms with Crippen molar-refractivity contribution in [3.63, 3.8) is 0 Å². The Morgan fingerprint density at radius 3 is 2.50 bits per heavy atom. The number of hydrogen-bond acceptors (Lipinski definition) is 6. The summed E-state index contributed by atoms with van der Waals surface area (Å²) in [5, 5.41) is 8.92. The molecule has 0 unspecified atom stereocenters. The van der Waals surface area contributed by atoms with Crippen LogP contribution in [0.5, 0.6) is 11.6 Å². The highest BCUT2D eigenvalue weighted by atomic mass is 32.1. The summed E-state index contributed by atoms with van der Waals surface area (Å²) in [5.74, 6) is 1.28. The van der Waals surface area contributed by atoms with Gasteiger partial charge in [0.25, 0.3) is 5.56 Å². The van der Waals surface area contributed by atoms with Gasteiger partial charge in [-0.15, -0.1) is 0 Å². The van der Waals surface area contributed by atoms with E-state index < -0.39 is 0 Å². The summed E-state index contributed by atoms with van der Waals surface area (Å²) in [6.07, 6.45) is 0. The Bertz CT molecular complexity index is 1260. The minimum absolute atomic E-state index is 0.0416. The van der Waals surface area contributed by atoms with Gasteiger partial charge in [0.2, 0.25) is 5.88 Å². The average Bonchev–Trinajstić information content (AvgIpc) is 3.24. The smallest absolute Gasteiger partial charge is 0.258 e. The van der Waals surface area contributed by atoms with Crippen LogP contribution in [0, 0.1) is 13.8 Å². The first kappa shape index (κ1) is 21.8. The van der Waals surface area contributed by atoms with Gasteiger partial charge in [-0.1, -0.05) is 29.7 Å². The minimum atomic E-state index is -0.0848. The number of H-pyrrole nitrogens is 1. The molecule has 2 aromatic heterocycles. The van der Waals surface area contributed by atoms with Crippen LogP contribution in [0.4, 0.5) is 0 Å². The van der Waals surface area contributed by atoms with E-state index in [9.17, 15) is 4.79 Å². The van der Waals surface area contributed by atoms with Crippen molar-refractivity contribution in [2.75, 3.05) is 13.2 Å². The van der Waals surface area contributed by atoms with Gasteiger partial charge >= 0.3 is 0 Å². The standard InChI is InChI=1S/C25H24N2O4S/c1-16-19(15-31-20-8-6-18(7-9-20)23-14-24(29)27-32-23)4-3-5-21(16)22-10-11-25(26-17(22)2)30-13-12-28/h3-11,14,28H,12-13,15H2,1-2H3,(H,27,29). The lowest BCUT2D eigenvalue weighted by atomic mass is 9.96. The van der Waals surface area contributed by atoms with E-state index in [1.807, 2.05) is 49.4 Å². The number of nitrogens with zero attached hydrogens (tertiary/aromatic N) is 1. The van der Waals surface area contributed by atoms with Crippen LogP contribution >= 0.6 is 11.5 Å². The number of hydrogen-bond donors (Lipinski definition) is 2. The lowest BCUT2D eigenvalue weighted by Gasteiger charge is -2.15. The van der Waals surface area contributed by atoms with E-state index in [-0.39, 0.29) is 18.8 Å². The fourth-order valence-corrected chi connectivity index (χ4v) is 4.18. The maximum absolute atomic E-state index is 11.3. The van der Waals surface area contributed by atoms with Crippen LogP contribution in [0.15, 0.2) is 65.5 Å². The molecule has 4 aromatic rings. The van der Waals surface area contributed by atoms with Crippen LogP contribution in [0.2, 0.25) is 0 Å². The molecule has 6 nitrogen and oxygen atoms in total. The van der Waals surface area contributed by atoms with Gasteiger partial charge < -0.3 is 14.6 Å².